The van der Waals surface area contributed by atoms with Crippen LogP contribution in [0.3, 0.4) is 0 Å². The van der Waals surface area contributed by atoms with Crippen LogP contribution >= 0.6 is 0 Å². The molecule has 0 spiro atoms. The minimum Gasteiger partial charge on any atom is -0.491 e. The summed E-state index contributed by atoms with van der Waals surface area (Å²) in [6.07, 6.45) is 0. The summed E-state index contributed by atoms with van der Waals surface area (Å²) in [5.41, 5.74) is 0.976. The van der Waals surface area contributed by atoms with Crippen molar-refractivity contribution in [2.24, 2.45) is 0 Å². The highest BCUT2D eigenvalue weighted by molar-refractivity contribution is 7.86. The average molecular weight is 352 g/mol. The van der Waals surface area contributed by atoms with Crippen molar-refractivity contribution in [3.63, 3.8) is 0 Å². The lowest BCUT2D eigenvalue weighted by Gasteiger charge is -2.09. The van der Waals surface area contributed by atoms with E-state index in [1.54, 1.807) is 36.4 Å². The van der Waals surface area contributed by atoms with Crippen molar-refractivity contribution < 1.29 is 27.2 Å². The summed E-state index contributed by atoms with van der Waals surface area (Å²) in [6.45, 7) is 2.07. The normalized spacial score (nSPS) is 11.2. The third-order valence-corrected chi connectivity index (χ3v) is 4.41. The topological polar surface area (TPSA) is 82.1 Å². The highest BCUT2D eigenvalue weighted by atomic mass is 32.2. The van der Waals surface area contributed by atoms with Crippen molar-refractivity contribution >= 4 is 10.1 Å². The zero-order valence-electron chi connectivity index (χ0n) is 13.3. The molecule has 130 valence electrons. The molecule has 0 fully saturated rings. The number of rotatable bonds is 9. The van der Waals surface area contributed by atoms with Gasteiger partial charge in [0.05, 0.1) is 11.5 Å². The molecule has 0 unspecified atom stereocenters. The molecular weight excluding hydrogens is 332 g/mol. The van der Waals surface area contributed by atoms with Crippen LogP contribution in [0.4, 0.5) is 0 Å². The van der Waals surface area contributed by atoms with Gasteiger partial charge < -0.3 is 14.6 Å². The molecule has 0 aliphatic heterocycles. The largest absolute Gasteiger partial charge is 0.491 e. The van der Waals surface area contributed by atoms with Gasteiger partial charge in [0.25, 0.3) is 10.1 Å². The Labute approximate surface area is 141 Å². The zero-order valence-corrected chi connectivity index (χ0v) is 14.2. The third-order valence-electron chi connectivity index (χ3n) is 3.08. The first-order valence-corrected chi connectivity index (χ1v) is 8.85. The molecule has 0 aromatic heterocycles. The minimum absolute atomic E-state index is 0.0505. The Morgan fingerprint density at radius 1 is 0.833 bits per heavy atom. The van der Waals surface area contributed by atoms with Crippen LogP contribution in [-0.4, -0.2) is 40.0 Å². The molecule has 0 heterocycles. The molecule has 2 aromatic rings. The predicted molar refractivity (Wildman–Crippen MR) is 88.8 cm³/mol. The maximum atomic E-state index is 12.0. The third kappa shape index (κ3) is 5.52. The van der Waals surface area contributed by atoms with Crippen LogP contribution in [0.1, 0.15) is 5.56 Å². The van der Waals surface area contributed by atoms with E-state index in [4.69, 9.17) is 18.8 Å². The van der Waals surface area contributed by atoms with E-state index >= 15 is 0 Å². The first kappa shape index (κ1) is 18.3. The number of aryl methyl sites for hydroxylation is 1. The van der Waals surface area contributed by atoms with Crippen molar-refractivity contribution in [2.45, 2.75) is 11.8 Å². The quantitative estimate of drug-likeness (QED) is 0.550. The second-order valence-corrected chi connectivity index (χ2v) is 6.60. The highest BCUT2D eigenvalue weighted by Gasteiger charge is 2.14. The number of aliphatic hydroxyl groups excluding tert-OH is 1. The Bertz CT molecular complexity index is 723. The molecule has 24 heavy (non-hydrogen) atoms. The van der Waals surface area contributed by atoms with Gasteiger partial charge in [0, 0.05) is 0 Å². The molecule has 0 saturated heterocycles. The molecule has 1 N–H and O–H groups in total. The lowest BCUT2D eigenvalue weighted by Crippen LogP contribution is -2.13. The summed E-state index contributed by atoms with van der Waals surface area (Å²) in [4.78, 5) is 0.124. The Hall–Kier alpha value is -2.09. The molecule has 2 rings (SSSR count). The van der Waals surface area contributed by atoms with Crippen molar-refractivity contribution in [1.29, 1.82) is 0 Å². The molecule has 0 aliphatic rings. The number of hydrogen-bond acceptors (Lipinski definition) is 6. The van der Waals surface area contributed by atoms with E-state index in [1.165, 1.54) is 12.1 Å². The second-order valence-electron chi connectivity index (χ2n) is 4.98. The van der Waals surface area contributed by atoms with Crippen molar-refractivity contribution in [3.8, 4) is 11.5 Å². The fraction of sp³-hybridized carbons (Fsp3) is 0.294. The molecule has 0 bridgehead atoms. The van der Waals surface area contributed by atoms with Crippen LogP contribution in [0.25, 0.3) is 0 Å². The van der Waals surface area contributed by atoms with E-state index in [2.05, 4.69) is 0 Å². The van der Waals surface area contributed by atoms with Crippen LogP contribution in [0.5, 0.6) is 11.5 Å². The summed E-state index contributed by atoms with van der Waals surface area (Å²) in [5, 5.41) is 8.67. The lowest BCUT2D eigenvalue weighted by atomic mass is 10.2. The van der Waals surface area contributed by atoms with Gasteiger partial charge in [-0.05, 0) is 43.3 Å². The van der Waals surface area contributed by atoms with Gasteiger partial charge in [0.2, 0.25) is 0 Å². The number of hydrogen-bond donors (Lipinski definition) is 1. The Morgan fingerprint density at radius 2 is 1.38 bits per heavy atom. The molecule has 0 saturated carbocycles. The van der Waals surface area contributed by atoms with E-state index < -0.39 is 10.1 Å². The molecule has 0 amide bonds. The van der Waals surface area contributed by atoms with Gasteiger partial charge in [-0.2, -0.15) is 8.42 Å². The summed E-state index contributed by atoms with van der Waals surface area (Å²) in [5.74, 6) is 1.19. The van der Waals surface area contributed by atoms with E-state index in [0.29, 0.717) is 11.5 Å². The van der Waals surface area contributed by atoms with Crippen molar-refractivity contribution in [2.75, 3.05) is 26.4 Å². The van der Waals surface area contributed by atoms with Crippen molar-refractivity contribution in [3.05, 3.63) is 54.1 Å². The van der Waals surface area contributed by atoms with Gasteiger partial charge in [0.15, 0.2) is 0 Å². The molecule has 0 aliphatic carbocycles. The van der Waals surface area contributed by atoms with Crippen LogP contribution < -0.4 is 9.47 Å². The first-order chi connectivity index (χ1) is 11.5. The maximum absolute atomic E-state index is 12.0. The molecule has 7 heteroatoms. The second kappa shape index (κ2) is 8.68. The van der Waals surface area contributed by atoms with Gasteiger partial charge in [-0.1, -0.05) is 17.7 Å². The Morgan fingerprint density at radius 3 is 1.92 bits per heavy atom. The van der Waals surface area contributed by atoms with E-state index in [9.17, 15) is 8.42 Å². The smallest absolute Gasteiger partial charge is 0.297 e. The van der Waals surface area contributed by atoms with Crippen LogP contribution in [-0.2, 0) is 14.3 Å². The summed E-state index contributed by atoms with van der Waals surface area (Å²) >= 11 is 0. The van der Waals surface area contributed by atoms with Crippen LogP contribution in [0.2, 0.25) is 0 Å². The monoisotopic (exact) mass is 352 g/mol. The number of benzene rings is 2. The molecule has 6 nitrogen and oxygen atoms in total. The molecule has 0 radical (unpaired) electrons. The number of aliphatic hydroxyl groups is 1. The maximum Gasteiger partial charge on any atom is 0.297 e. The standard InChI is InChI=1S/C17H20O6S/c1-14-2-8-17(9-3-14)24(19,20)23-13-12-22-16-6-4-15(5-7-16)21-11-10-18/h2-9,18H,10-13H2,1H3. The van der Waals surface area contributed by atoms with Crippen LogP contribution in [0, 0.1) is 6.92 Å². The number of ether oxygens (including phenoxy) is 2. The Kier molecular flexibility index (Phi) is 6.60. The van der Waals surface area contributed by atoms with E-state index in [1.807, 2.05) is 6.92 Å². The first-order valence-electron chi connectivity index (χ1n) is 7.44. The lowest BCUT2D eigenvalue weighted by molar-refractivity contribution is 0.200. The highest BCUT2D eigenvalue weighted by Crippen LogP contribution is 2.18. The SMILES string of the molecule is Cc1ccc(S(=O)(=O)OCCOc2ccc(OCCO)cc2)cc1. The van der Waals surface area contributed by atoms with Gasteiger partial charge in [-0.25, -0.2) is 0 Å². The van der Waals surface area contributed by atoms with E-state index in [-0.39, 0.29) is 31.3 Å². The predicted octanol–water partition coefficient (Wildman–Crippen LogP) is 2.15. The molecule has 0 atom stereocenters. The summed E-state index contributed by atoms with van der Waals surface area (Å²) in [6, 6.07) is 13.2. The van der Waals surface area contributed by atoms with Crippen molar-refractivity contribution in [1.82, 2.24) is 0 Å². The summed E-state index contributed by atoms with van der Waals surface area (Å²) in [7, 11) is -3.77. The fourth-order valence-corrected chi connectivity index (χ4v) is 2.76. The van der Waals surface area contributed by atoms with Gasteiger partial charge in [-0.15, -0.1) is 0 Å². The fourth-order valence-electron chi connectivity index (χ4n) is 1.87. The van der Waals surface area contributed by atoms with Crippen LogP contribution in [0.15, 0.2) is 53.4 Å². The van der Waals surface area contributed by atoms with Gasteiger partial charge in [-0.3, -0.25) is 4.18 Å². The molecule has 2 aromatic carbocycles. The average Bonchev–Trinajstić information content (AvgIpc) is 2.58. The molecular formula is C17H20O6S. The van der Waals surface area contributed by atoms with E-state index in [0.717, 1.165) is 5.56 Å². The minimum atomic E-state index is -3.77. The van der Waals surface area contributed by atoms with Gasteiger partial charge >= 0.3 is 0 Å². The summed E-state index contributed by atoms with van der Waals surface area (Å²) < 4.78 is 39.6. The Balaban J connectivity index is 1.78. The van der Waals surface area contributed by atoms with Gasteiger partial charge in [0.1, 0.15) is 31.3 Å². The zero-order chi connectivity index (χ0) is 17.4.